The summed E-state index contributed by atoms with van der Waals surface area (Å²) in [6.45, 7) is 0.336. The lowest BCUT2D eigenvalue weighted by atomic mass is 10.1. The summed E-state index contributed by atoms with van der Waals surface area (Å²) in [7, 11) is -2.10. The molecule has 1 saturated heterocycles. The van der Waals surface area contributed by atoms with Gasteiger partial charge in [-0.3, -0.25) is 9.59 Å². The van der Waals surface area contributed by atoms with E-state index >= 15 is 0 Å². The Hall–Kier alpha value is -2.98. The van der Waals surface area contributed by atoms with Crippen LogP contribution in [-0.4, -0.2) is 57.3 Å². The Morgan fingerprint density at radius 2 is 1.68 bits per heavy atom. The zero-order chi connectivity index (χ0) is 22.4. The van der Waals surface area contributed by atoms with Gasteiger partial charge in [-0.1, -0.05) is 0 Å². The Balaban J connectivity index is 1.46. The van der Waals surface area contributed by atoms with Gasteiger partial charge in [-0.15, -0.1) is 0 Å². The molecule has 1 aliphatic rings. The van der Waals surface area contributed by atoms with E-state index in [0.717, 1.165) is 0 Å². The second-order valence-electron chi connectivity index (χ2n) is 7.11. The van der Waals surface area contributed by atoms with Gasteiger partial charge in [0.1, 0.15) is 11.6 Å². The highest BCUT2D eigenvalue weighted by Gasteiger charge is 2.30. The van der Waals surface area contributed by atoms with E-state index in [-0.39, 0.29) is 42.0 Å². The number of methoxy groups -OCH3 is 1. The first-order chi connectivity index (χ1) is 14.8. The summed E-state index contributed by atoms with van der Waals surface area (Å²) < 4.78 is 44.9. The summed E-state index contributed by atoms with van der Waals surface area (Å²) >= 11 is 0. The summed E-state index contributed by atoms with van der Waals surface area (Å²) in [5.41, 5.74) is 0.256. The van der Waals surface area contributed by atoms with Crippen LogP contribution in [0.25, 0.3) is 0 Å². The highest BCUT2D eigenvalue weighted by molar-refractivity contribution is 7.89. The molecule has 0 bridgehead atoms. The molecule has 166 valence electrons. The highest BCUT2D eigenvalue weighted by atomic mass is 32.2. The van der Waals surface area contributed by atoms with Gasteiger partial charge in [-0.25, -0.2) is 12.8 Å². The van der Waals surface area contributed by atoms with Gasteiger partial charge in [-0.2, -0.15) is 4.31 Å². The van der Waals surface area contributed by atoms with Gasteiger partial charge >= 0.3 is 0 Å². The Kier molecular flexibility index (Phi) is 7.24. The number of hydrogen-bond acceptors (Lipinski definition) is 5. The predicted octanol–water partition coefficient (Wildman–Crippen LogP) is 1.53. The van der Waals surface area contributed by atoms with E-state index in [4.69, 9.17) is 4.74 Å². The normalized spacial score (nSPS) is 15.3. The number of carbonyl (C=O) groups is 2. The van der Waals surface area contributed by atoms with Crippen molar-refractivity contribution in [1.29, 1.82) is 0 Å². The zero-order valence-electron chi connectivity index (χ0n) is 17.0. The summed E-state index contributed by atoms with van der Waals surface area (Å²) in [4.78, 5) is 24.3. The first kappa shape index (κ1) is 22.7. The molecule has 1 heterocycles. The van der Waals surface area contributed by atoms with Gasteiger partial charge in [0.25, 0.3) is 5.91 Å². The van der Waals surface area contributed by atoms with Crippen LogP contribution in [0.1, 0.15) is 23.2 Å². The third-order valence-corrected chi connectivity index (χ3v) is 6.95. The molecule has 0 aromatic heterocycles. The number of halogens is 1. The molecule has 10 heteroatoms. The number of sulfonamides is 1. The number of piperidine rings is 1. The van der Waals surface area contributed by atoms with Crippen molar-refractivity contribution >= 4 is 21.8 Å². The maximum Gasteiger partial charge on any atom is 0.251 e. The number of ether oxygens (including phenoxy) is 1. The van der Waals surface area contributed by atoms with Crippen LogP contribution < -0.4 is 15.4 Å². The van der Waals surface area contributed by atoms with Gasteiger partial charge in [-0.05, 0) is 61.4 Å². The molecule has 0 atom stereocenters. The molecule has 2 N–H and O–H groups in total. The van der Waals surface area contributed by atoms with Crippen molar-refractivity contribution in [3.63, 3.8) is 0 Å². The number of hydrogen-bond donors (Lipinski definition) is 2. The molecule has 1 aliphatic heterocycles. The van der Waals surface area contributed by atoms with E-state index < -0.39 is 21.7 Å². The molecule has 0 radical (unpaired) electrons. The number of amides is 2. The van der Waals surface area contributed by atoms with Crippen molar-refractivity contribution < 1.29 is 27.1 Å². The number of nitrogens with one attached hydrogen (secondary N) is 2. The first-order valence-corrected chi connectivity index (χ1v) is 11.2. The molecule has 2 aromatic rings. The predicted molar refractivity (Wildman–Crippen MR) is 112 cm³/mol. The van der Waals surface area contributed by atoms with Crippen molar-refractivity contribution in [3.8, 4) is 5.75 Å². The number of nitrogens with zero attached hydrogens (tertiary/aromatic N) is 1. The van der Waals surface area contributed by atoms with E-state index in [2.05, 4.69) is 10.6 Å². The quantitative estimate of drug-likeness (QED) is 0.667. The summed E-state index contributed by atoms with van der Waals surface area (Å²) in [5, 5.41) is 5.29. The van der Waals surface area contributed by atoms with Crippen molar-refractivity contribution in [2.75, 3.05) is 26.7 Å². The highest BCUT2D eigenvalue weighted by Crippen LogP contribution is 2.22. The maximum absolute atomic E-state index is 12.9. The topological polar surface area (TPSA) is 105 Å². The van der Waals surface area contributed by atoms with Crippen LogP contribution in [0.15, 0.2) is 53.4 Å². The smallest absolute Gasteiger partial charge is 0.251 e. The van der Waals surface area contributed by atoms with E-state index in [0.29, 0.717) is 18.6 Å². The van der Waals surface area contributed by atoms with Gasteiger partial charge < -0.3 is 15.4 Å². The van der Waals surface area contributed by atoms with E-state index in [9.17, 15) is 22.4 Å². The molecule has 1 fully saturated rings. The van der Waals surface area contributed by atoms with Crippen LogP contribution in [0.5, 0.6) is 5.75 Å². The average Bonchev–Trinajstić information content (AvgIpc) is 2.78. The fourth-order valence-electron chi connectivity index (χ4n) is 3.28. The van der Waals surface area contributed by atoms with Gasteiger partial charge in [0, 0.05) is 24.7 Å². The second-order valence-corrected chi connectivity index (χ2v) is 9.05. The summed E-state index contributed by atoms with van der Waals surface area (Å²) in [6.07, 6.45) is 0.931. The molecule has 2 aromatic carbocycles. The lowest BCUT2D eigenvalue weighted by Crippen LogP contribution is -2.48. The van der Waals surface area contributed by atoms with Crippen molar-refractivity contribution in [2.24, 2.45) is 0 Å². The Labute approximate surface area is 180 Å². The van der Waals surface area contributed by atoms with Crippen LogP contribution in [0.2, 0.25) is 0 Å². The fraction of sp³-hybridized carbons (Fsp3) is 0.333. The van der Waals surface area contributed by atoms with E-state index in [1.165, 1.54) is 47.8 Å². The molecule has 8 nitrogen and oxygen atoms in total. The Bertz CT molecular complexity index is 1020. The Morgan fingerprint density at radius 3 is 2.26 bits per heavy atom. The van der Waals surface area contributed by atoms with E-state index in [1.54, 1.807) is 12.1 Å². The van der Waals surface area contributed by atoms with Crippen LogP contribution in [0, 0.1) is 5.82 Å². The minimum Gasteiger partial charge on any atom is -0.497 e. The fourth-order valence-corrected chi connectivity index (χ4v) is 4.75. The molecule has 3 rings (SSSR count). The van der Waals surface area contributed by atoms with Crippen LogP contribution in [0.3, 0.4) is 0 Å². The van der Waals surface area contributed by atoms with Gasteiger partial charge in [0.15, 0.2) is 0 Å². The largest absolute Gasteiger partial charge is 0.497 e. The minimum absolute atomic E-state index is 0.183. The lowest BCUT2D eigenvalue weighted by Gasteiger charge is -2.31. The molecule has 0 aliphatic carbocycles. The summed E-state index contributed by atoms with van der Waals surface area (Å²) in [6, 6.07) is 11.0. The lowest BCUT2D eigenvalue weighted by molar-refractivity contribution is -0.121. The zero-order valence-corrected chi connectivity index (χ0v) is 17.8. The van der Waals surface area contributed by atoms with Crippen LogP contribution in [-0.2, 0) is 14.8 Å². The molecular weight excluding hydrogens is 425 g/mol. The van der Waals surface area contributed by atoms with Crippen molar-refractivity contribution in [3.05, 3.63) is 59.9 Å². The van der Waals surface area contributed by atoms with Gasteiger partial charge in [0.05, 0.1) is 18.6 Å². The third-order valence-electron chi connectivity index (χ3n) is 5.03. The summed E-state index contributed by atoms with van der Waals surface area (Å²) in [5.74, 6) is -0.719. The van der Waals surface area contributed by atoms with Crippen LogP contribution in [0.4, 0.5) is 4.39 Å². The molecule has 0 saturated carbocycles. The SMILES string of the molecule is COc1ccc(S(=O)(=O)N2CCC(NC(=O)CNC(=O)c3ccc(F)cc3)CC2)cc1. The van der Waals surface area contributed by atoms with Gasteiger partial charge in [0.2, 0.25) is 15.9 Å². The third kappa shape index (κ3) is 5.80. The Morgan fingerprint density at radius 1 is 1.06 bits per heavy atom. The first-order valence-electron chi connectivity index (χ1n) is 9.77. The molecular formula is C21H24FN3O5S. The van der Waals surface area contributed by atoms with Crippen molar-refractivity contribution in [2.45, 2.75) is 23.8 Å². The number of carbonyl (C=O) groups excluding carboxylic acids is 2. The monoisotopic (exact) mass is 449 g/mol. The molecule has 31 heavy (non-hydrogen) atoms. The maximum atomic E-state index is 12.9. The van der Waals surface area contributed by atoms with Crippen molar-refractivity contribution in [1.82, 2.24) is 14.9 Å². The standard InChI is InChI=1S/C21H24FN3O5S/c1-30-18-6-8-19(9-7-18)31(28,29)25-12-10-17(11-13-25)24-20(26)14-23-21(27)15-2-4-16(22)5-3-15/h2-9,17H,10-14H2,1H3,(H,23,27)(H,24,26). The van der Waals surface area contributed by atoms with E-state index in [1.807, 2.05) is 0 Å². The van der Waals surface area contributed by atoms with Crippen LogP contribution >= 0.6 is 0 Å². The number of benzene rings is 2. The molecule has 0 unspecified atom stereocenters. The average molecular weight is 450 g/mol. The second kappa shape index (κ2) is 9.88. The molecule has 2 amide bonds. The molecule has 0 spiro atoms. The number of rotatable bonds is 7. The minimum atomic E-state index is -3.61.